The summed E-state index contributed by atoms with van der Waals surface area (Å²) in [5.74, 6) is 0.0225. The summed E-state index contributed by atoms with van der Waals surface area (Å²) in [4.78, 5) is 16.1. The van der Waals surface area contributed by atoms with Crippen LogP contribution in [0.3, 0.4) is 0 Å². The zero-order valence-electron chi connectivity index (χ0n) is 12.4. The summed E-state index contributed by atoms with van der Waals surface area (Å²) < 4.78 is 11.5. The van der Waals surface area contributed by atoms with Crippen molar-refractivity contribution in [2.24, 2.45) is 7.05 Å². The van der Waals surface area contributed by atoms with E-state index in [4.69, 9.17) is 14.6 Å². The van der Waals surface area contributed by atoms with Gasteiger partial charge in [-0.3, -0.25) is 9.36 Å². The van der Waals surface area contributed by atoms with Gasteiger partial charge in [0.1, 0.15) is 28.9 Å². The summed E-state index contributed by atoms with van der Waals surface area (Å²) in [5, 5.41) is 41.3. The van der Waals surface area contributed by atoms with Crippen LogP contribution in [0.25, 0.3) is 0 Å². The number of nitrogens with one attached hydrogen (secondary N) is 1. The fourth-order valence-corrected chi connectivity index (χ4v) is 2.66. The van der Waals surface area contributed by atoms with E-state index in [1.54, 1.807) is 0 Å². The lowest BCUT2D eigenvalue weighted by Crippen LogP contribution is -2.60. The van der Waals surface area contributed by atoms with Crippen LogP contribution < -0.4 is 15.6 Å². The van der Waals surface area contributed by atoms with Crippen molar-refractivity contribution in [1.29, 1.82) is 0 Å². The molecule has 1 saturated heterocycles. The molecule has 130 valence electrons. The first kappa shape index (κ1) is 18.1. The van der Waals surface area contributed by atoms with E-state index in [2.05, 4.69) is 26.2 Å². The van der Waals surface area contributed by atoms with Crippen LogP contribution in [0.5, 0.6) is 6.01 Å². The van der Waals surface area contributed by atoms with Crippen molar-refractivity contribution in [1.82, 2.24) is 9.55 Å². The number of hydrogen-bond acceptors (Lipinski definition) is 9. The molecular formula is C12H18BrN3O7. The number of nitrogens with zero attached hydrogens (tertiary/aromatic N) is 2. The second kappa shape index (κ2) is 7.11. The van der Waals surface area contributed by atoms with Crippen LogP contribution in [0.15, 0.2) is 9.27 Å². The number of halogens is 1. The fourth-order valence-electron chi connectivity index (χ4n) is 2.19. The van der Waals surface area contributed by atoms with Crippen molar-refractivity contribution in [2.45, 2.75) is 30.6 Å². The zero-order valence-corrected chi connectivity index (χ0v) is 14.0. The molecule has 0 saturated carbocycles. The predicted molar refractivity (Wildman–Crippen MR) is 81.1 cm³/mol. The van der Waals surface area contributed by atoms with Gasteiger partial charge in [-0.2, -0.15) is 4.98 Å². The van der Waals surface area contributed by atoms with Gasteiger partial charge in [0.15, 0.2) is 12.0 Å². The standard InChI is InChI=1S/C12H18BrN3O7/c1-16-11(21)5(13)9(15-12(16)22-2)14-10-8(20)7(19)6(18)4(3-17)23-10/h4,6-8,10,14,17-20H,3H2,1-2H3/t4-,6+,7+,8+,10+/m0/s1. The number of rotatable bonds is 4. The first-order valence-corrected chi connectivity index (χ1v) is 7.48. The van der Waals surface area contributed by atoms with Gasteiger partial charge >= 0.3 is 6.01 Å². The molecule has 5 atom stereocenters. The number of aromatic nitrogens is 2. The number of ether oxygens (including phenoxy) is 2. The Balaban J connectivity index is 2.31. The van der Waals surface area contributed by atoms with Crippen molar-refractivity contribution in [2.75, 3.05) is 19.0 Å². The molecule has 1 aliphatic rings. The summed E-state index contributed by atoms with van der Waals surface area (Å²) in [7, 11) is 2.81. The highest BCUT2D eigenvalue weighted by atomic mass is 79.9. The van der Waals surface area contributed by atoms with Crippen molar-refractivity contribution in [3.8, 4) is 6.01 Å². The molecule has 11 heteroatoms. The normalized spacial score (nSPS) is 31.0. The van der Waals surface area contributed by atoms with Gasteiger partial charge in [0.05, 0.1) is 13.7 Å². The molecule has 0 amide bonds. The van der Waals surface area contributed by atoms with Gasteiger partial charge in [-0.15, -0.1) is 0 Å². The third-order valence-electron chi connectivity index (χ3n) is 3.55. The van der Waals surface area contributed by atoms with E-state index in [0.717, 1.165) is 0 Å². The van der Waals surface area contributed by atoms with E-state index in [1.807, 2.05) is 0 Å². The van der Waals surface area contributed by atoms with Crippen LogP contribution in [-0.4, -0.2) is 74.3 Å². The highest BCUT2D eigenvalue weighted by molar-refractivity contribution is 9.10. The number of aliphatic hydroxyl groups is 4. The lowest BCUT2D eigenvalue weighted by molar-refractivity contribution is -0.221. The van der Waals surface area contributed by atoms with Gasteiger partial charge < -0.3 is 35.2 Å². The largest absolute Gasteiger partial charge is 0.468 e. The molecule has 0 aliphatic carbocycles. The topological polar surface area (TPSA) is 146 Å². The molecule has 0 spiro atoms. The molecule has 0 aromatic carbocycles. The minimum atomic E-state index is -1.54. The molecule has 0 radical (unpaired) electrons. The van der Waals surface area contributed by atoms with Crippen molar-refractivity contribution in [3.05, 3.63) is 14.8 Å². The van der Waals surface area contributed by atoms with Crippen molar-refractivity contribution >= 4 is 21.7 Å². The molecule has 2 rings (SSSR count). The Morgan fingerprint density at radius 2 is 2.00 bits per heavy atom. The van der Waals surface area contributed by atoms with E-state index in [9.17, 15) is 20.1 Å². The predicted octanol–water partition coefficient (Wildman–Crippen LogP) is -2.24. The minimum absolute atomic E-state index is 0.0188. The lowest BCUT2D eigenvalue weighted by atomic mass is 9.98. The highest BCUT2D eigenvalue weighted by Crippen LogP contribution is 2.25. The molecule has 23 heavy (non-hydrogen) atoms. The van der Waals surface area contributed by atoms with Crippen LogP contribution in [-0.2, 0) is 11.8 Å². The smallest absolute Gasteiger partial charge is 0.300 e. The second-order valence-electron chi connectivity index (χ2n) is 5.02. The summed E-state index contributed by atoms with van der Waals surface area (Å²) >= 11 is 3.09. The van der Waals surface area contributed by atoms with Crippen LogP contribution in [0.1, 0.15) is 0 Å². The molecule has 0 bridgehead atoms. The van der Waals surface area contributed by atoms with E-state index in [-0.39, 0.29) is 16.3 Å². The number of aliphatic hydroxyl groups excluding tert-OH is 4. The Hall–Kier alpha value is -1.24. The Labute approximate surface area is 139 Å². The van der Waals surface area contributed by atoms with Crippen LogP contribution in [0, 0.1) is 0 Å². The van der Waals surface area contributed by atoms with Crippen LogP contribution >= 0.6 is 15.9 Å². The minimum Gasteiger partial charge on any atom is -0.468 e. The maximum Gasteiger partial charge on any atom is 0.300 e. The molecule has 1 fully saturated rings. The van der Waals surface area contributed by atoms with E-state index >= 15 is 0 Å². The van der Waals surface area contributed by atoms with Gasteiger partial charge in [-0.1, -0.05) is 0 Å². The average Bonchev–Trinajstić information content (AvgIpc) is 2.55. The Morgan fingerprint density at radius 1 is 1.35 bits per heavy atom. The summed E-state index contributed by atoms with van der Waals surface area (Å²) in [6, 6.07) is 0.0188. The monoisotopic (exact) mass is 395 g/mol. The quantitative estimate of drug-likeness (QED) is 0.381. The first-order valence-electron chi connectivity index (χ1n) is 6.69. The van der Waals surface area contributed by atoms with Crippen LogP contribution in [0.4, 0.5) is 5.82 Å². The number of methoxy groups -OCH3 is 1. The molecule has 1 aliphatic heterocycles. The molecule has 1 aromatic rings. The van der Waals surface area contributed by atoms with E-state index in [0.29, 0.717) is 0 Å². The Bertz CT molecular complexity index is 623. The SMILES string of the molecule is COc1nc(N[C@@H]2O[C@@H](CO)[C@@H](O)[C@@H](O)[C@H]2O)c(Br)c(=O)n1C. The molecule has 0 unspecified atom stereocenters. The summed E-state index contributed by atoms with van der Waals surface area (Å²) in [6.45, 7) is -0.558. The molecule has 2 heterocycles. The second-order valence-corrected chi connectivity index (χ2v) is 5.81. The Morgan fingerprint density at radius 3 is 2.57 bits per heavy atom. The third-order valence-corrected chi connectivity index (χ3v) is 4.26. The van der Waals surface area contributed by atoms with Gasteiger partial charge in [-0.25, -0.2) is 0 Å². The van der Waals surface area contributed by atoms with Gasteiger partial charge in [-0.05, 0) is 15.9 Å². The first-order chi connectivity index (χ1) is 10.8. The van der Waals surface area contributed by atoms with Crippen LogP contribution in [0.2, 0.25) is 0 Å². The Kier molecular flexibility index (Phi) is 5.60. The molecule has 5 N–H and O–H groups in total. The van der Waals surface area contributed by atoms with Gasteiger partial charge in [0.25, 0.3) is 5.56 Å². The van der Waals surface area contributed by atoms with E-state index < -0.39 is 42.8 Å². The van der Waals surface area contributed by atoms with Crippen molar-refractivity contribution < 1.29 is 29.9 Å². The maximum absolute atomic E-state index is 12.1. The highest BCUT2D eigenvalue weighted by Gasteiger charge is 2.43. The molecule has 10 nitrogen and oxygen atoms in total. The fraction of sp³-hybridized carbons (Fsp3) is 0.667. The maximum atomic E-state index is 12.1. The molecular weight excluding hydrogens is 378 g/mol. The third kappa shape index (κ3) is 3.34. The summed E-state index contributed by atoms with van der Waals surface area (Å²) in [5.41, 5.74) is -0.441. The molecule has 1 aromatic heterocycles. The van der Waals surface area contributed by atoms with Gasteiger partial charge in [0.2, 0.25) is 0 Å². The average molecular weight is 396 g/mol. The van der Waals surface area contributed by atoms with Gasteiger partial charge in [0, 0.05) is 7.05 Å². The number of anilines is 1. The van der Waals surface area contributed by atoms with Crippen molar-refractivity contribution in [3.63, 3.8) is 0 Å². The van der Waals surface area contributed by atoms with E-state index in [1.165, 1.54) is 18.7 Å². The summed E-state index contributed by atoms with van der Waals surface area (Å²) in [6.07, 6.45) is -6.78. The zero-order chi connectivity index (χ0) is 17.3. The number of hydrogen-bond donors (Lipinski definition) is 5. The lowest BCUT2D eigenvalue weighted by Gasteiger charge is -2.40.